The summed E-state index contributed by atoms with van der Waals surface area (Å²) in [5.74, 6) is -0.173. The highest BCUT2D eigenvalue weighted by Gasteiger charge is 2.14. The molecule has 0 atom stereocenters. The van der Waals surface area contributed by atoms with Crippen LogP contribution in [-0.2, 0) is 34.1 Å². The molecule has 0 radical (unpaired) electrons. The molecule has 0 aliphatic heterocycles. The van der Waals surface area contributed by atoms with Crippen LogP contribution >= 0.6 is 11.3 Å². The second kappa shape index (κ2) is 8.73. The molecule has 0 fully saturated rings. The quantitative estimate of drug-likeness (QED) is 0.497. The van der Waals surface area contributed by atoms with Crippen LogP contribution in [-0.4, -0.2) is 19.3 Å². The predicted octanol–water partition coefficient (Wildman–Crippen LogP) is 2.71. The molecule has 1 amide bonds. The number of aryl methyl sites for hydroxylation is 2. The number of hydrogen-bond acceptors (Lipinski definition) is 6. The Labute approximate surface area is 173 Å². The van der Waals surface area contributed by atoms with Gasteiger partial charge in [-0.15, -0.1) is 11.3 Å². The van der Waals surface area contributed by atoms with Crippen molar-refractivity contribution in [1.29, 1.82) is 0 Å². The minimum Gasteiger partial charge on any atom is -0.399 e. The van der Waals surface area contributed by atoms with Gasteiger partial charge in [0.05, 0.1) is 10.6 Å². The second-order valence-corrected chi connectivity index (χ2v) is 9.32. The minimum atomic E-state index is -3.72. The van der Waals surface area contributed by atoms with E-state index in [1.54, 1.807) is 12.1 Å². The number of carbonyl (C=O) groups is 1. The normalized spacial score (nSPS) is 11.4. The van der Waals surface area contributed by atoms with Crippen molar-refractivity contribution < 1.29 is 13.2 Å². The van der Waals surface area contributed by atoms with Crippen molar-refractivity contribution in [3.8, 4) is 0 Å². The number of nitrogens with two attached hydrogens (primary N) is 2. The highest BCUT2D eigenvalue weighted by molar-refractivity contribution is 7.89. The van der Waals surface area contributed by atoms with Gasteiger partial charge in [-0.3, -0.25) is 4.79 Å². The summed E-state index contributed by atoms with van der Waals surface area (Å²) in [7, 11) is -3.72. The Morgan fingerprint density at radius 3 is 2.24 bits per heavy atom. The number of nitrogen functional groups attached to an aromatic ring is 1. The molecule has 7 nitrogen and oxygen atoms in total. The zero-order chi connectivity index (χ0) is 21.0. The Bertz CT molecular complexity index is 1110. The van der Waals surface area contributed by atoms with Gasteiger partial charge >= 0.3 is 0 Å². The fourth-order valence-electron chi connectivity index (χ4n) is 2.85. The Kier molecular flexibility index (Phi) is 6.31. The highest BCUT2D eigenvalue weighted by Crippen LogP contribution is 2.27. The number of thiazole rings is 1. The van der Waals surface area contributed by atoms with Crippen LogP contribution in [0.4, 0.5) is 10.8 Å². The average molecular weight is 431 g/mol. The number of sulfonamides is 1. The zero-order valence-electron chi connectivity index (χ0n) is 15.9. The number of nitrogens with one attached hydrogen (secondary N) is 1. The summed E-state index contributed by atoms with van der Waals surface area (Å²) in [5.41, 5.74) is 9.45. The van der Waals surface area contributed by atoms with E-state index >= 15 is 0 Å². The molecule has 0 saturated carbocycles. The summed E-state index contributed by atoms with van der Waals surface area (Å²) < 4.78 is 22.9. The SMILES string of the molecule is CC(=O)Nc1nc(CCc2ccc(N)cc2)c(Cc2ccc(S(N)(=O)=O)cc2)s1. The van der Waals surface area contributed by atoms with E-state index in [4.69, 9.17) is 10.9 Å². The smallest absolute Gasteiger partial charge is 0.238 e. The van der Waals surface area contributed by atoms with E-state index in [0.29, 0.717) is 18.0 Å². The van der Waals surface area contributed by atoms with E-state index < -0.39 is 10.0 Å². The summed E-state index contributed by atoms with van der Waals surface area (Å²) in [4.78, 5) is 17.1. The number of benzene rings is 2. The first kappa shape index (κ1) is 21.0. The van der Waals surface area contributed by atoms with Gasteiger partial charge in [-0.05, 0) is 48.2 Å². The van der Waals surface area contributed by atoms with Crippen molar-refractivity contribution in [3.63, 3.8) is 0 Å². The molecule has 0 unspecified atom stereocenters. The molecule has 29 heavy (non-hydrogen) atoms. The highest BCUT2D eigenvalue weighted by atomic mass is 32.2. The minimum absolute atomic E-state index is 0.0769. The van der Waals surface area contributed by atoms with E-state index in [0.717, 1.165) is 33.8 Å². The Balaban J connectivity index is 1.81. The van der Waals surface area contributed by atoms with Crippen LogP contribution in [0.25, 0.3) is 0 Å². The van der Waals surface area contributed by atoms with Crippen LogP contribution in [0.15, 0.2) is 53.4 Å². The fraction of sp³-hybridized carbons (Fsp3) is 0.200. The summed E-state index contributed by atoms with van der Waals surface area (Å²) >= 11 is 1.42. The Morgan fingerprint density at radius 1 is 1.03 bits per heavy atom. The van der Waals surface area contributed by atoms with Crippen LogP contribution in [0.1, 0.15) is 28.6 Å². The van der Waals surface area contributed by atoms with Crippen molar-refractivity contribution in [1.82, 2.24) is 4.98 Å². The third-order valence-corrected chi connectivity index (χ3v) is 6.25. The van der Waals surface area contributed by atoms with E-state index in [1.165, 1.54) is 30.4 Å². The lowest BCUT2D eigenvalue weighted by Gasteiger charge is -2.05. The standard InChI is InChI=1S/C20H22N4O3S2/c1-13(25)23-20-24-18(11-6-14-2-7-16(21)8-3-14)19(28-20)12-15-4-9-17(10-5-15)29(22,26)27/h2-5,7-10H,6,11-12,21H2,1H3,(H2,22,26,27)(H,23,24,25). The maximum Gasteiger partial charge on any atom is 0.238 e. The Morgan fingerprint density at radius 2 is 1.66 bits per heavy atom. The second-order valence-electron chi connectivity index (χ2n) is 6.68. The third-order valence-electron chi connectivity index (χ3n) is 4.31. The van der Waals surface area contributed by atoms with Gasteiger partial charge in [0, 0.05) is 23.9 Å². The maximum atomic E-state index is 11.4. The summed E-state index contributed by atoms with van der Waals surface area (Å²) in [5, 5.41) is 8.45. The van der Waals surface area contributed by atoms with Gasteiger partial charge in [-0.25, -0.2) is 18.5 Å². The van der Waals surface area contributed by atoms with Gasteiger partial charge in [-0.1, -0.05) is 24.3 Å². The molecule has 2 aromatic carbocycles. The molecule has 1 heterocycles. The number of primary sulfonamides is 1. The predicted molar refractivity (Wildman–Crippen MR) is 115 cm³/mol. The van der Waals surface area contributed by atoms with E-state index in [2.05, 4.69) is 10.3 Å². The van der Waals surface area contributed by atoms with Gasteiger partial charge in [0.1, 0.15) is 0 Å². The molecule has 0 aliphatic carbocycles. The van der Waals surface area contributed by atoms with Crippen LogP contribution in [0.3, 0.4) is 0 Å². The van der Waals surface area contributed by atoms with Crippen molar-refractivity contribution >= 4 is 38.1 Å². The third kappa shape index (κ3) is 5.86. The van der Waals surface area contributed by atoms with Crippen molar-refractivity contribution in [2.75, 3.05) is 11.1 Å². The molecule has 9 heteroatoms. The zero-order valence-corrected chi connectivity index (χ0v) is 17.5. The number of carbonyl (C=O) groups excluding carboxylic acids is 1. The molecule has 5 N–H and O–H groups in total. The molecule has 3 rings (SSSR count). The Hall–Kier alpha value is -2.75. The number of amides is 1. The molecule has 152 valence electrons. The molecular weight excluding hydrogens is 408 g/mol. The van der Waals surface area contributed by atoms with Gasteiger partial charge in [-0.2, -0.15) is 0 Å². The van der Waals surface area contributed by atoms with E-state index in [9.17, 15) is 13.2 Å². The van der Waals surface area contributed by atoms with Gasteiger partial charge in [0.15, 0.2) is 5.13 Å². The first-order valence-electron chi connectivity index (χ1n) is 8.93. The lowest BCUT2D eigenvalue weighted by Crippen LogP contribution is -2.11. The number of hydrogen-bond donors (Lipinski definition) is 3. The maximum absolute atomic E-state index is 11.4. The van der Waals surface area contributed by atoms with Crippen LogP contribution in [0, 0.1) is 0 Å². The van der Waals surface area contributed by atoms with E-state index in [-0.39, 0.29) is 10.8 Å². The van der Waals surface area contributed by atoms with Crippen LogP contribution in [0.2, 0.25) is 0 Å². The lowest BCUT2D eigenvalue weighted by atomic mass is 10.0. The van der Waals surface area contributed by atoms with Crippen molar-refractivity contribution in [2.24, 2.45) is 5.14 Å². The summed E-state index contributed by atoms with van der Waals surface area (Å²) in [6, 6.07) is 14.2. The molecular formula is C20H22N4O3S2. The van der Waals surface area contributed by atoms with E-state index in [1.807, 2.05) is 24.3 Å². The molecule has 1 aromatic heterocycles. The monoisotopic (exact) mass is 430 g/mol. The summed E-state index contributed by atoms with van der Waals surface area (Å²) in [6.45, 7) is 1.45. The van der Waals surface area contributed by atoms with Gasteiger partial charge in [0.2, 0.25) is 15.9 Å². The fourth-order valence-corrected chi connectivity index (χ4v) is 4.45. The average Bonchev–Trinajstić information content (AvgIpc) is 3.01. The molecule has 3 aromatic rings. The number of rotatable bonds is 7. The summed E-state index contributed by atoms with van der Waals surface area (Å²) in [6.07, 6.45) is 2.09. The first-order chi connectivity index (χ1) is 13.7. The largest absolute Gasteiger partial charge is 0.399 e. The van der Waals surface area contributed by atoms with Gasteiger partial charge in [0.25, 0.3) is 0 Å². The lowest BCUT2D eigenvalue weighted by molar-refractivity contribution is -0.114. The number of aromatic nitrogens is 1. The number of anilines is 2. The molecule has 0 saturated heterocycles. The molecule has 0 bridgehead atoms. The van der Waals surface area contributed by atoms with Crippen LogP contribution in [0.5, 0.6) is 0 Å². The molecule has 0 aliphatic rings. The van der Waals surface area contributed by atoms with Crippen LogP contribution < -0.4 is 16.2 Å². The number of nitrogens with zero attached hydrogens (tertiary/aromatic N) is 1. The van der Waals surface area contributed by atoms with Crippen molar-refractivity contribution in [3.05, 3.63) is 70.2 Å². The molecule has 0 spiro atoms. The topological polar surface area (TPSA) is 128 Å². The first-order valence-corrected chi connectivity index (χ1v) is 11.3. The van der Waals surface area contributed by atoms with Gasteiger partial charge < -0.3 is 11.1 Å². The van der Waals surface area contributed by atoms with Crippen molar-refractivity contribution in [2.45, 2.75) is 31.1 Å².